The van der Waals surface area contributed by atoms with Crippen molar-refractivity contribution in [3.05, 3.63) is 12.2 Å². The monoisotopic (exact) mass is 304 g/mol. The van der Waals surface area contributed by atoms with Crippen LogP contribution in [0.1, 0.15) is 33.1 Å². The first-order valence-corrected chi connectivity index (χ1v) is 8.25. The normalized spacial score (nSPS) is 35.0. The molecule has 0 N–H and O–H groups in total. The number of nitrogens with zero attached hydrogens (tertiary/aromatic N) is 2. The Morgan fingerprint density at radius 2 is 1.55 bits per heavy atom. The molecule has 0 saturated carbocycles. The summed E-state index contributed by atoms with van der Waals surface area (Å²) in [5, 5.41) is 0. The van der Waals surface area contributed by atoms with Crippen molar-refractivity contribution in [2.24, 2.45) is 23.7 Å². The number of rotatable bonds is 2. The van der Waals surface area contributed by atoms with Gasteiger partial charge in [0.25, 0.3) is 0 Å². The molecule has 22 heavy (non-hydrogen) atoms. The fraction of sp³-hybridized carbons (Fsp3) is 0.706. The van der Waals surface area contributed by atoms with Crippen LogP contribution in [0, 0.1) is 23.7 Å². The SMILES string of the molecule is CC1CC(C)CN(C(=O)CN2C(=O)C3CC=CCC3C2=O)C1. The van der Waals surface area contributed by atoms with Crippen molar-refractivity contribution in [3.8, 4) is 0 Å². The Labute approximate surface area is 131 Å². The third kappa shape index (κ3) is 2.69. The molecular formula is C17H24N2O3. The molecule has 120 valence electrons. The summed E-state index contributed by atoms with van der Waals surface area (Å²) >= 11 is 0. The van der Waals surface area contributed by atoms with Crippen molar-refractivity contribution in [1.82, 2.24) is 9.80 Å². The highest BCUT2D eigenvalue weighted by Crippen LogP contribution is 2.35. The zero-order valence-corrected chi connectivity index (χ0v) is 13.3. The number of hydrogen-bond acceptors (Lipinski definition) is 3. The maximum absolute atomic E-state index is 12.5. The summed E-state index contributed by atoms with van der Waals surface area (Å²) in [5.41, 5.74) is 0. The van der Waals surface area contributed by atoms with Gasteiger partial charge in [0, 0.05) is 13.1 Å². The van der Waals surface area contributed by atoms with Crippen LogP contribution in [0.15, 0.2) is 12.2 Å². The molecule has 3 aliphatic rings. The van der Waals surface area contributed by atoms with Gasteiger partial charge < -0.3 is 4.90 Å². The van der Waals surface area contributed by atoms with Crippen LogP contribution in [0.5, 0.6) is 0 Å². The van der Waals surface area contributed by atoms with Gasteiger partial charge in [-0.2, -0.15) is 0 Å². The summed E-state index contributed by atoms with van der Waals surface area (Å²) in [6.07, 6.45) is 6.30. The van der Waals surface area contributed by atoms with E-state index in [1.807, 2.05) is 17.1 Å². The molecule has 2 aliphatic heterocycles. The van der Waals surface area contributed by atoms with E-state index in [0.717, 1.165) is 19.5 Å². The largest absolute Gasteiger partial charge is 0.341 e. The molecule has 5 nitrogen and oxygen atoms in total. The van der Waals surface area contributed by atoms with Gasteiger partial charge in [-0.05, 0) is 31.1 Å². The number of carbonyl (C=O) groups excluding carboxylic acids is 3. The molecule has 4 unspecified atom stereocenters. The predicted molar refractivity (Wildman–Crippen MR) is 81.6 cm³/mol. The quantitative estimate of drug-likeness (QED) is 0.573. The number of piperidine rings is 1. The van der Waals surface area contributed by atoms with E-state index in [1.165, 1.54) is 4.90 Å². The summed E-state index contributed by atoms with van der Waals surface area (Å²) in [6.45, 7) is 5.66. The molecule has 0 aromatic heterocycles. The average molecular weight is 304 g/mol. The molecule has 0 bridgehead atoms. The number of allylic oxidation sites excluding steroid dienone is 2. The zero-order valence-electron chi connectivity index (χ0n) is 13.3. The van der Waals surface area contributed by atoms with E-state index in [9.17, 15) is 14.4 Å². The van der Waals surface area contributed by atoms with Gasteiger partial charge in [0.15, 0.2) is 0 Å². The Morgan fingerprint density at radius 3 is 2.05 bits per heavy atom. The number of carbonyl (C=O) groups is 3. The molecule has 0 radical (unpaired) electrons. The zero-order chi connectivity index (χ0) is 15.9. The Kier molecular flexibility index (Phi) is 4.06. The lowest BCUT2D eigenvalue weighted by Crippen LogP contribution is -2.48. The van der Waals surface area contributed by atoms with Gasteiger partial charge in [-0.15, -0.1) is 0 Å². The molecule has 2 heterocycles. The van der Waals surface area contributed by atoms with Crippen LogP contribution in [0.3, 0.4) is 0 Å². The van der Waals surface area contributed by atoms with Gasteiger partial charge in [0.2, 0.25) is 17.7 Å². The third-order valence-electron chi connectivity index (χ3n) is 5.11. The van der Waals surface area contributed by atoms with Crippen molar-refractivity contribution in [2.75, 3.05) is 19.6 Å². The second kappa shape index (κ2) is 5.86. The first kappa shape index (κ1) is 15.3. The van der Waals surface area contributed by atoms with E-state index in [4.69, 9.17) is 0 Å². The van der Waals surface area contributed by atoms with Gasteiger partial charge >= 0.3 is 0 Å². The van der Waals surface area contributed by atoms with Crippen LogP contribution >= 0.6 is 0 Å². The smallest absolute Gasteiger partial charge is 0.242 e. The maximum Gasteiger partial charge on any atom is 0.242 e. The van der Waals surface area contributed by atoms with Crippen LogP contribution < -0.4 is 0 Å². The van der Waals surface area contributed by atoms with Crippen molar-refractivity contribution in [1.29, 1.82) is 0 Å². The molecule has 0 spiro atoms. The van der Waals surface area contributed by atoms with Crippen LogP contribution in [0.4, 0.5) is 0 Å². The number of fused-ring (bicyclic) bond motifs is 1. The molecule has 4 atom stereocenters. The van der Waals surface area contributed by atoms with E-state index >= 15 is 0 Å². The molecule has 3 amide bonds. The van der Waals surface area contributed by atoms with Crippen molar-refractivity contribution < 1.29 is 14.4 Å². The highest BCUT2D eigenvalue weighted by atomic mass is 16.2. The Morgan fingerprint density at radius 1 is 1.05 bits per heavy atom. The second-order valence-corrected chi connectivity index (χ2v) is 7.16. The van der Waals surface area contributed by atoms with Gasteiger partial charge in [0.05, 0.1) is 11.8 Å². The Bertz CT molecular complexity index is 492. The van der Waals surface area contributed by atoms with Crippen molar-refractivity contribution in [3.63, 3.8) is 0 Å². The lowest BCUT2D eigenvalue weighted by atomic mass is 9.85. The topological polar surface area (TPSA) is 57.7 Å². The molecule has 2 saturated heterocycles. The number of hydrogen-bond donors (Lipinski definition) is 0. The molecule has 0 aromatic carbocycles. The molecule has 1 aliphatic carbocycles. The standard InChI is InChI=1S/C17H24N2O3/c1-11-7-12(2)9-18(8-11)15(20)10-19-16(21)13-5-3-4-6-14(13)17(19)22/h3-4,11-14H,5-10H2,1-2H3. The molecular weight excluding hydrogens is 280 g/mol. The van der Waals surface area contributed by atoms with E-state index in [1.54, 1.807) is 0 Å². The van der Waals surface area contributed by atoms with Crippen LogP contribution in [0.25, 0.3) is 0 Å². The minimum atomic E-state index is -0.246. The maximum atomic E-state index is 12.5. The first-order chi connectivity index (χ1) is 10.5. The summed E-state index contributed by atoms with van der Waals surface area (Å²) in [4.78, 5) is 40.3. The Hall–Kier alpha value is -1.65. The van der Waals surface area contributed by atoms with Crippen molar-refractivity contribution >= 4 is 17.7 Å². The molecule has 0 aromatic rings. The minimum absolute atomic E-state index is 0.0793. The molecule has 5 heteroatoms. The first-order valence-electron chi connectivity index (χ1n) is 8.25. The summed E-state index contributed by atoms with van der Waals surface area (Å²) in [5.74, 6) is 0.0475. The second-order valence-electron chi connectivity index (χ2n) is 7.16. The summed E-state index contributed by atoms with van der Waals surface area (Å²) in [6, 6.07) is 0. The number of imide groups is 1. The number of likely N-dealkylation sites (tertiary alicyclic amines) is 2. The van der Waals surface area contributed by atoms with Crippen LogP contribution in [-0.2, 0) is 14.4 Å². The average Bonchev–Trinajstić information content (AvgIpc) is 2.72. The van der Waals surface area contributed by atoms with E-state index in [2.05, 4.69) is 13.8 Å². The summed E-state index contributed by atoms with van der Waals surface area (Å²) in [7, 11) is 0. The fourth-order valence-electron chi connectivity index (χ4n) is 4.13. The lowest BCUT2D eigenvalue weighted by Gasteiger charge is -2.35. The van der Waals surface area contributed by atoms with Gasteiger partial charge in [-0.3, -0.25) is 19.3 Å². The highest BCUT2D eigenvalue weighted by Gasteiger charge is 2.48. The highest BCUT2D eigenvalue weighted by molar-refractivity contribution is 6.07. The van der Waals surface area contributed by atoms with Crippen molar-refractivity contribution in [2.45, 2.75) is 33.1 Å². The van der Waals surface area contributed by atoms with Gasteiger partial charge in [-0.1, -0.05) is 26.0 Å². The molecule has 3 rings (SSSR count). The van der Waals surface area contributed by atoms with Crippen LogP contribution in [0.2, 0.25) is 0 Å². The van der Waals surface area contributed by atoms with E-state index in [0.29, 0.717) is 24.7 Å². The minimum Gasteiger partial charge on any atom is -0.341 e. The third-order valence-corrected chi connectivity index (χ3v) is 5.11. The van der Waals surface area contributed by atoms with Gasteiger partial charge in [-0.25, -0.2) is 0 Å². The predicted octanol–water partition coefficient (Wildman–Crippen LogP) is 1.44. The van der Waals surface area contributed by atoms with Crippen LogP contribution in [-0.4, -0.2) is 47.2 Å². The lowest BCUT2D eigenvalue weighted by molar-refractivity contribution is -0.147. The molecule has 2 fully saturated rings. The van der Waals surface area contributed by atoms with Gasteiger partial charge in [0.1, 0.15) is 6.54 Å². The van der Waals surface area contributed by atoms with E-state index < -0.39 is 0 Å². The van der Waals surface area contributed by atoms with E-state index in [-0.39, 0.29) is 36.1 Å². The fourth-order valence-corrected chi connectivity index (χ4v) is 4.13. The number of amides is 3. The summed E-state index contributed by atoms with van der Waals surface area (Å²) < 4.78 is 0. The Balaban J connectivity index is 1.66.